The van der Waals surface area contributed by atoms with Crippen molar-refractivity contribution in [3.05, 3.63) is 84.8 Å². The summed E-state index contributed by atoms with van der Waals surface area (Å²) in [7, 11) is 0. The number of hydrogen-bond donors (Lipinski definition) is 2. The largest absolute Gasteiger partial charge is 0.361 e. The first-order valence-corrected chi connectivity index (χ1v) is 8.88. The molecule has 6 nitrogen and oxygen atoms in total. The van der Waals surface area contributed by atoms with Gasteiger partial charge in [-0.05, 0) is 48.0 Å². The zero-order chi connectivity index (χ0) is 18.8. The second-order valence-electron chi connectivity index (χ2n) is 6.37. The smallest absolute Gasteiger partial charge is 0.141 e. The quantitative estimate of drug-likeness (QED) is 0.478. The highest BCUT2D eigenvalue weighted by Gasteiger charge is 2.06. The van der Waals surface area contributed by atoms with Gasteiger partial charge in [-0.1, -0.05) is 12.1 Å². The first-order chi connectivity index (χ1) is 13.8. The van der Waals surface area contributed by atoms with Crippen LogP contribution in [0.5, 0.6) is 0 Å². The van der Waals surface area contributed by atoms with E-state index in [2.05, 4.69) is 48.4 Å². The molecule has 2 N–H and O–H groups in total. The lowest BCUT2D eigenvalue weighted by Gasteiger charge is -2.09. The Morgan fingerprint density at radius 1 is 0.893 bits per heavy atom. The molecule has 28 heavy (non-hydrogen) atoms. The lowest BCUT2D eigenvalue weighted by Crippen LogP contribution is -1.96. The van der Waals surface area contributed by atoms with Gasteiger partial charge in [-0.3, -0.25) is 9.97 Å². The maximum Gasteiger partial charge on any atom is 0.141 e. The molecule has 0 amide bonds. The Balaban J connectivity index is 1.50. The van der Waals surface area contributed by atoms with Crippen LogP contribution in [-0.4, -0.2) is 24.9 Å². The standard InChI is InChI=1S/C22H16N6/c1(3-18-13-23-9-10-24-18)15-2-5-21-19(11-15)22(27-14-26-21)28-17-4-6-20-16(12-17)7-8-25-20/h1-14,25H,(H,26,27,28)/b3-1+. The zero-order valence-electron chi connectivity index (χ0n) is 14.9. The number of H-pyrrole nitrogens is 1. The monoisotopic (exact) mass is 364 g/mol. The van der Waals surface area contributed by atoms with Crippen LogP contribution in [0.1, 0.15) is 11.3 Å². The number of benzene rings is 2. The third-order valence-electron chi connectivity index (χ3n) is 4.51. The normalized spacial score (nSPS) is 11.4. The third-order valence-corrected chi connectivity index (χ3v) is 4.51. The molecule has 2 aromatic carbocycles. The number of anilines is 2. The predicted molar refractivity (Wildman–Crippen MR) is 112 cm³/mol. The Morgan fingerprint density at radius 3 is 2.82 bits per heavy atom. The molecule has 6 heteroatoms. The molecule has 134 valence electrons. The lowest BCUT2D eigenvalue weighted by molar-refractivity contribution is 1.18. The summed E-state index contributed by atoms with van der Waals surface area (Å²) in [6.45, 7) is 0. The van der Waals surface area contributed by atoms with Gasteiger partial charge < -0.3 is 10.3 Å². The van der Waals surface area contributed by atoms with E-state index in [9.17, 15) is 0 Å². The number of nitrogens with one attached hydrogen (secondary N) is 2. The Hall–Kier alpha value is -4.06. The van der Waals surface area contributed by atoms with Gasteiger partial charge in [-0.25, -0.2) is 9.97 Å². The van der Waals surface area contributed by atoms with Gasteiger partial charge in [0.25, 0.3) is 0 Å². The molecular formula is C22H16N6. The molecule has 3 heterocycles. The van der Waals surface area contributed by atoms with Crippen LogP contribution >= 0.6 is 0 Å². The molecular weight excluding hydrogens is 348 g/mol. The van der Waals surface area contributed by atoms with E-state index in [1.807, 2.05) is 42.6 Å². The molecule has 0 spiro atoms. The number of aromatic amines is 1. The summed E-state index contributed by atoms with van der Waals surface area (Å²) in [5.74, 6) is 0.773. The summed E-state index contributed by atoms with van der Waals surface area (Å²) in [5, 5.41) is 5.52. The van der Waals surface area contributed by atoms with E-state index in [1.54, 1.807) is 24.9 Å². The molecule has 0 aliphatic rings. The van der Waals surface area contributed by atoms with E-state index in [4.69, 9.17) is 0 Å². The summed E-state index contributed by atoms with van der Waals surface area (Å²) < 4.78 is 0. The minimum absolute atomic E-state index is 0.773. The van der Waals surface area contributed by atoms with Crippen molar-refractivity contribution in [2.75, 3.05) is 5.32 Å². The van der Waals surface area contributed by atoms with E-state index in [0.717, 1.165) is 44.6 Å². The summed E-state index contributed by atoms with van der Waals surface area (Å²) in [6, 6.07) is 14.3. The van der Waals surface area contributed by atoms with Crippen LogP contribution in [0.3, 0.4) is 0 Å². The SMILES string of the molecule is C(=C\c1cnccn1)/c1ccc2ncnc(Nc3ccc4[nH]ccc4c3)c2c1. The van der Waals surface area contributed by atoms with Crippen LogP contribution in [-0.2, 0) is 0 Å². The summed E-state index contributed by atoms with van der Waals surface area (Å²) in [5.41, 5.74) is 4.82. The van der Waals surface area contributed by atoms with E-state index >= 15 is 0 Å². The van der Waals surface area contributed by atoms with Gasteiger partial charge >= 0.3 is 0 Å². The Bertz CT molecular complexity index is 1290. The fourth-order valence-electron chi connectivity index (χ4n) is 3.12. The lowest BCUT2D eigenvalue weighted by atomic mass is 10.1. The number of fused-ring (bicyclic) bond motifs is 2. The van der Waals surface area contributed by atoms with Crippen molar-refractivity contribution in [1.82, 2.24) is 24.9 Å². The second kappa shape index (κ2) is 6.92. The van der Waals surface area contributed by atoms with Crippen molar-refractivity contribution in [2.24, 2.45) is 0 Å². The van der Waals surface area contributed by atoms with Gasteiger partial charge in [0, 0.05) is 40.6 Å². The first kappa shape index (κ1) is 16.1. The molecule has 0 bridgehead atoms. The molecule has 3 aromatic heterocycles. The third kappa shape index (κ3) is 3.19. The number of rotatable bonds is 4. The van der Waals surface area contributed by atoms with E-state index in [0.29, 0.717) is 0 Å². The molecule has 0 saturated carbocycles. The number of aromatic nitrogens is 5. The van der Waals surface area contributed by atoms with E-state index < -0.39 is 0 Å². The Labute approximate surface area is 161 Å². The topological polar surface area (TPSA) is 79.4 Å². The van der Waals surface area contributed by atoms with Crippen molar-refractivity contribution in [1.29, 1.82) is 0 Å². The fourth-order valence-corrected chi connectivity index (χ4v) is 3.12. The van der Waals surface area contributed by atoms with Gasteiger partial charge in [-0.2, -0.15) is 0 Å². The van der Waals surface area contributed by atoms with Crippen molar-refractivity contribution in [3.8, 4) is 0 Å². The van der Waals surface area contributed by atoms with Crippen molar-refractivity contribution in [2.45, 2.75) is 0 Å². The molecule has 0 saturated heterocycles. The molecule has 0 unspecified atom stereocenters. The van der Waals surface area contributed by atoms with Crippen LogP contribution in [0.25, 0.3) is 34.0 Å². The second-order valence-corrected chi connectivity index (χ2v) is 6.37. The van der Waals surface area contributed by atoms with Crippen LogP contribution in [0.4, 0.5) is 11.5 Å². The van der Waals surface area contributed by atoms with Gasteiger partial charge in [0.2, 0.25) is 0 Å². The van der Waals surface area contributed by atoms with Gasteiger partial charge in [-0.15, -0.1) is 0 Å². The van der Waals surface area contributed by atoms with Crippen LogP contribution in [0, 0.1) is 0 Å². The molecule has 0 aliphatic carbocycles. The van der Waals surface area contributed by atoms with Crippen molar-refractivity contribution in [3.63, 3.8) is 0 Å². The summed E-state index contributed by atoms with van der Waals surface area (Å²) in [4.78, 5) is 20.4. The number of hydrogen-bond acceptors (Lipinski definition) is 5. The van der Waals surface area contributed by atoms with Crippen LogP contribution in [0.15, 0.2) is 73.6 Å². The van der Waals surface area contributed by atoms with Crippen LogP contribution < -0.4 is 5.32 Å². The minimum atomic E-state index is 0.773. The van der Waals surface area contributed by atoms with E-state index in [-0.39, 0.29) is 0 Å². The maximum atomic E-state index is 4.45. The van der Waals surface area contributed by atoms with Crippen molar-refractivity contribution < 1.29 is 0 Å². The highest BCUT2D eigenvalue weighted by Crippen LogP contribution is 2.26. The van der Waals surface area contributed by atoms with Gasteiger partial charge in [0.1, 0.15) is 12.1 Å². The molecule has 5 rings (SSSR count). The molecule has 5 aromatic rings. The number of nitrogens with zero attached hydrogens (tertiary/aromatic N) is 4. The first-order valence-electron chi connectivity index (χ1n) is 8.88. The molecule has 0 atom stereocenters. The predicted octanol–water partition coefficient (Wildman–Crippen LogP) is 4.82. The highest BCUT2D eigenvalue weighted by molar-refractivity contribution is 5.93. The maximum absolute atomic E-state index is 4.45. The van der Waals surface area contributed by atoms with Crippen molar-refractivity contribution >= 4 is 45.5 Å². The average Bonchev–Trinajstić information content (AvgIpc) is 3.21. The minimum Gasteiger partial charge on any atom is -0.361 e. The van der Waals surface area contributed by atoms with E-state index in [1.165, 1.54) is 0 Å². The molecule has 0 fully saturated rings. The highest BCUT2D eigenvalue weighted by atomic mass is 15.0. The zero-order valence-corrected chi connectivity index (χ0v) is 14.9. The summed E-state index contributed by atoms with van der Waals surface area (Å²) in [6.07, 6.45) is 12.5. The average molecular weight is 364 g/mol. The molecule has 0 aliphatic heterocycles. The molecule has 0 radical (unpaired) electrons. The fraction of sp³-hybridized carbons (Fsp3) is 0. The Kier molecular flexibility index (Phi) is 3.99. The Morgan fingerprint density at radius 2 is 1.89 bits per heavy atom. The van der Waals surface area contributed by atoms with Gasteiger partial charge in [0.05, 0.1) is 17.4 Å². The summed E-state index contributed by atoms with van der Waals surface area (Å²) >= 11 is 0. The van der Waals surface area contributed by atoms with Crippen LogP contribution in [0.2, 0.25) is 0 Å². The van der Waals surface area contributed by atoms with Gasteiger partial charge in [0.15, 0.2) is 0 Å².